The minimum Gasteiger partial charge on any atom is -0.381 e. The van der Waals surface area contributed by atoms with Gasteiger partial charge in [-0.3, -0.25) is 5.43 Å². The molecule has 0 bridgehead atoms. The summed E-state index contributed by atoms with van der Waals surface area (Å²) in [5.74, 6) is 0.813. The third-order valence-corrected chi connectivity index (χ3v) is 2.78. The van der Waals surface area contributed by atoms with Gasteiger partial charge >= 0.3 is 0 Å². The smallest absolute Gasteiger partial charge is 0.0481 e. The van der Waals surface area contributed by atoms with E-state index in [-0.39, 0.29) is 0 Å². The van der Waals surface area contributed by atoms with Gasteiger partial charge in [0, 0.05) is 32.3 Å². The van der Waals surface area contributed by atoms with Crippen LogP contribution in [0.1, 0.15) is 19.8 Å². The van der Waals surface area contributed by atoms with E-state index in [0.717, 1.165) is 31.7 Å². The fourth-order valence-corrected chi connectivity index (χ4v) is 2.01. The van der Waals surface area contributed by atoms with Gasteiger partial charge < -0.3 is 4.74 Å². The first-order chi connectivity index (χ1) is 5.86. The third kappa shape index (κ3) is 1.79. The molecule has 0 aromatic rings. The Balaban J connectivity index is 1.83. The highest BCUT2D eigenvalue weighted by atomic mass is 16.5. The summed E-state index contributed by atoms with van der Waals surface area (Å²) >= 11 is 0. The molecule has 2 fully saturated rings. The first kappa shape index (κ1) is 8.48. The number of hydrogen-bond donors (Lipinski definition) is 1. The molecule has 2 heterocycles. The van der Waals surface area contributed by atoms with Crippen LogP contribution in [0.4, 0.5) is 0 Å². The molecule has 0 amide bonds. The van der Waals surface area contributed by atoms with Gasteiger partial charge in [0.1, 0.15) is 0 Å². The van der Waals surface area contributed by atoms with E-state index in [1.165, 1.54) is 19.4 Å². The minimum absolute atomic E-state index is 0.726. The van der Waals surface area contributed by atoms with Crippen molar-refractivity contribution < 1.29 is 4.74 Å². The standard InChI is InChI=1S/C9H18N2O/c1-8-6-10-11(7-8)9-2-4-12-5-3-9/h8-10H,2-7H2,1H3. The summed E-state index contributed by atoms with van der Waals surface area (Å²) in [6.45, 7) is 6.54. The fraction of sp³-hybridized carbons (Fsp3) is 1.00. The van der Waals surface area contributed by atoms with Gasteiger partial charge in [-0.1, -0.05) is 6.92 Å². The molecule has 2 saturated heterocycles. The van der Waals surface area contributed by atoms with Crippen LogP contribution in [0.3, 0.4) is 0 Å². The maximum atomic E-state index is 5.33. The number of hydrogen-bond acceptors (Lipinski definition) is 3. The van der Waals surface area contributed by atoms with Crippen molar-refractivity contribution in [3.05, 3.63) is 0 Å². The van der Waals surface area contributed by atoms with E-state index >= 15 is 0 Å². The third-order valence-electron chi connectivity index (χ3n) is 2.78. The Hall–Kier alpha value is -0.120. The maximum Gasteiger partial charge on any atom is 0.0481 e. The molecule has 12 heavy (non-hydrogen) atoms. The SMILES string of the molecule is CC1CNN(C2CCOCC2)C1. The van der Waals surface area contributed by atoms with Crippen LogP contribution in [0.15, 0.2) is 0 Å². The lowest BCUT2D eigenvalue weighted by Crippen LogP contribution is -2.43. The van der Waals surface area contributed by atoms with Crippen molar-refractivity contribution in [2.45, 2.75) is 25.8 Å². The number of ether oxygens (including phenoxy) is 1. The van der Waals surface area contributed by atoms with Crippen LogP contribution in [0.5, 0.6) is 0 Å². The molecule has 3 heteroatoms. The maximum absolute atomic E-state index is 5.33. The average Bonchev–Trinajstić information content (AvgIpc) is 2.54. The van der Waals surface area contributed by atoms with Gasteiger partial charge in [0.25, 0.3) is 0 Å². The molecule has 0 spiro atoms. The molecule has 0 saturated carbocycles. The second kappa shape index (κ2) is 3.73. The van der Waals surface area contributed by atoms with Crippen molar-refractivity contribution >= 4 is 0 Å². The summed E-state index contributed by atoms with van der Waals surface area (Å²) in [6.07, 6.45) is 2.39. The van der Waals surface area contributed by atoms with Crippen molar-refractivity contribution in [2.24, 2.45) is 5.92 Å². The molecule has 3 nitrogen and oxygen atoms in total. The fourth-order valence-electron chi connectivity index (χ4n) is 2.01. The highest BCUT2D eigenvalue weighted by molar-refractivity contribution is 4.78. The van der Waals surface area contributed by atoms with Crippen molar-refractivity contribution in [2.75, 3.05) is 26.3 Å². The second-order valence-electron chi connectivity index (χ2n) is 3.96. The lowest BCUT2D eigenvalue weighted by atomic mass is 10.1. The van der Waals surface area contributed by atoms with Crippen molar-refractivity contribution in [1.29, 1.82) is 0 Å². The molecule has 0 aromatic carbocycles. The summed E-state index contributed by atoms with van der Waals surface area (Å²) in [4.78, 5) is 0. The van der Waals surface area contributed by atoms with Crippen LogP contribution in [0.2, 0.25) is 0 Å². The first-order valence-corrected chi connectivity index (χ1v) is 4.94. The molecule has 70 valence electrons. The van der Waals surface area contributed by atoms with E-state index < -0.39 is 0 Å². The number of nitrogens with zero attached hydrogens (tertiary/aromatic N) is 1. The van der Waals surface area contributed by atoms with Gasteiger partial charge in [0.15, 0.2) is 0 Å². The van der Waals surface area contributed by atoms with E-state index in [1.54, 1.807) is 0 Å². The molecular weight excluding hydrogens is 152 g/mol. The Morgan fingerprint density at radius 2 is 2.08 bits per heavy atom. The van der Waals surface area contributed by atoms with Gasteiger partial charge in [-0.15, -0.1) is 0 Å². The van der Waals surface area contributed by atoms with Crippen molar-refractivity contribution in [3.8, 4) is 0 Å². The monoisotopic (exact) mass is 170 g/mol. The van der Waals surface area contributed by atoms with E-state index in [9.17, 15) is 0 Å². The minimum atomic E-state index is 0.726. The Morgan fingerprint density at radius 3 is 2.67 bits per heavy atom. The number of nitrogens with one attached hydrogen (secondary N) is 1. The average molecular weight is 170 g/mol. The molecule has 2 rings (SSSR count). The van der Waals surface area contributed by atoms with Crippen LogP contribution < -0.4 is 5.43 Å². The summed E-state index contributed by atoms with van der Waals surface area (Å²) in [6, 6.07) is 0.726. The summed E-state index contributed by atoms with van der Waals surface area (Å²) in [5, 5.41) is 2.41. The van der Waals surface area contributed by atoms with Crippen LogP contribution in [0.25, 0.3) is 0 Å². The zero-order chi connectivity index (χ0) is 8.39. The van der Waals surface area contributed by atoms with Crippen LogP contribution in [0, 0.1) is 5.92 Å². The van der Waals surface area contributed by atoms with Crippen LogP contribution >= 0.6 is 0 Å². The molecule has 2 aliphatic heterocycles. The second-order valence-corrected chi connectivity index (χ2v) is 3.96. The molecule has 1 N–H and O–H groups in total. The normalized spacial score (nSPS) is 34.2. The molecule has 0 aliphatic carbocycles. The Bertz CT molecular complexity index is 143. The number of hydrazine groups is 1. The molecule has 0 aromatic heterocycles. The van der Waals surface area contributed by atoms with E-state index in [2.05, 4.69) is 17.4 Å². The quantitative estimate of drug-likeness (QED) is 0.624. The Labute approximate surface area is 74.0 Å². The zero-order valence-electron chi connectivity index (χ0n) is 7.75. The van der Waals surface area contributed by atoms with Gasteiger partial charge in [-0.05, 0) is 18.8 Å². The van der Waals surface area contributed by atoms with E-state index in [1.807, 2.05) is 0 Å². The topological polar surface area (TPSA) is 24.5 Å². The highest BCUT2D eigenvalue weighted by Crippen LogP contribution is 2.17. The van der Waals surface area contributed by atoms with Crippen LogP contribution in [-0.4, -0.2) is 37.4 Å². The molecule has 2 aliphatic rings. The predicted octanol–water partition coefficient (Wildman–Crippen LogP) is 0.622. The van der Waals surface area contributed by atoms with E-state index in [4.69, 9.17) is 4.74 Å². The molecule has 1 atom stereocenters. The first-order valence-electron chi connectivity index (χ1n) is 4.94. The zero-order valence-corrected chi connectivity index (χ0v) is 7.75. The van der Waals surface area contributed by atoms with Gasteiger partial charge in [-0.2, -0.15) is 0 Å². The summed E-state index contributed by atoms with van der Waals surface area (Å²) in [5.41, 5.74) is 3.45. The predicted molar refractivity (Wildman–Crippen MR) is 47.7 cm³/mol. The van der Waals surface area contributed by atoms with Gasteiger partial charge in [-0.25, -0.2) is 5.01 Å². The van der Waals surface area contributed by atoms with Crippen molar-refractivity contribution in [3.63, 3.8) is 0 Å². The van der Waals surface area contributed by atoms with E-state index in [0.29, 0.717) is 0 Å². The highest BCUT2D eigenvalue weighted by Gasteiger charge is 2.26. The Morgan fingerprint density at radius 1 is 1.33 bits per heavy atom. The van der Waals surface area contributed by atoms with Gasteiger partial charge in [0.05, 0.1) is 0 Å². The molecule has 1 unspecified atom stereocenters. The molecular formula is C9H18N2O. The Kier molecular flexibility index (Phi) is 2.63. The summed E-state index contributed by atoms with van der Waals surface area (Å²) in [7, 11) is 0. The number of rotatable bonds is 1. The molecule has 0 radical (unpaired) electrons. The lowest BCUT2D eigenvalue weighted by Gasteiger charge is -2.30. The van der Waals surface area contributed by atoms with Gasteiger partial charge in [0.2, 0.25) is 0 Å². The summed E-state index contributed by atoms with van der Waals surface area (Å²) < 4.78 is 5.33. The van der Waals surface area contributed by atoms with Crippen molar-refractivity contribution in [1.82, 2.24) is 10.4 Å². The largest absolute Gasteiger partial charge is 0.381 e. The lowest BCUT2D eigenvalue weighted by molar-refractivity contribution is 0.0258. The van der Waals surface area contributed by atoms with Crippen LogP contribution in [-0.2, 0) is 4.74 Å².